The Bertz CT molecular complexity index is 461. The summed E-state index contributed by atoms with van der Waals surface area (Å²) in [6.07, 6.45) is 1.07. The van der Waals surface area contributed by atoms with E-state index in [-0.39, 0.29) is 23.8 Å². The maximum absolute atomic E-state index is 14.0. The summed E-state index contributed by atoms with van der Waals surface area (Å²) in [5, 5.41) is 0. The van der Waals surface area contributed by atoms with Gasteiger partial charge in [0, 0.05) is 24.6 Å². The van der Waals surface area contributed by atoms with Crippen LogP contribution in [0.4, 0.5) is 4.39 Å². The number of nitrogens with two attached hydrogens (primary N) is 1. The normalized spacial score (nSPS) is 24.1. The lowest BCUT2D eigenvalue weighted by molar-refractivity contribution is -0.138. The van der Waals surface area contributed by atoms with E-state index < -0.39 is 0 Å². The maximum atomic E-state index is 14.0. The minimum Gasteiger partial charge on any atom is -0.334 e. The molecule has 2 atom stereocenters. The van der Waals surface area contributed by atoms with Crippen molar-refractivity contribution in [1.82, 2.24) is 4.90 Å². The summed E-state index contributed by atoms with van der Waals surface area (Å²) in [5.74, 6) is 0.124. The van der Waals surface area contributed by atoms with Crippen LogP contribution in [0.5, 0.6) is 0 Å². The first-order valence-electron chi connectivity index (χ1n) is 6.80. The van der Waals surface area contributed by atoms with Crippen LogP contribution in [0.1, 0.15) is 38.3 Å². The predicted molar refractivity (Wildman–Crippen MR) is 72.9 cm³/mol. The number of amides is 1. The molecule has 2 N–H and O–H groups in total. The number of rotatable bonds is 3. The molecule has 1 aliphatic rings. The van der Waals surface area contributed by atoms with Crippen LogP contribution in [0.15, 0.2) is 24.3 Å². The number of benzene rings is 1. The van der Waals surface area contributed by atoms with Crippen LogP contribution in [-0.2, 0) is 4.79 Å². The van der Waals surface area contributed by atoms with Gasteiger partial charge in [0.15, 0.2) is 0 Å². The van der Waals surface area contributed by atoms with Gasteiger partial charge in [-0.05, 0) is 18.4 Å². The molecule has 1 amide bonds. The van der Waals surface area contributed by atoms with Gasteiger partial charge in [0.2, 0.25) is 5.91 Å². The van der Waals surface area contributed by atoms with Gasteiger partial charge in [-0.25, -0.2) is 4.39 Å². The van der Waals surface area contributed by atoms with Gasteiger partial charge in [-0.3, -0.25) is 4.79 Å². The smallest absolute Gasteiger partial charge is 0.223 e. The van der Waals surface area contributed by atoms with Crippen molar-refractivity contribution in [2.45, 2.75) is 38.8 Å². The first-order valence-corrected chi connectivity index (χ1v) is 6.80. The van der Waals surface area contributed by atoms with E-state index in [1.54, 1.807) is 23.1 Å². The second kappa shape index (κ2) is 5.70. The van der Waals surface area contributed by atoms with Crippen molar-refractivity contribution in [2.24, 2.45) is 11.7 Å². The molecule has 1 heterocycles. The van der Waals surface area contributed by atoms with Crippen LogP contribution in [-0.4, -0.2) is 23.4 Å². The molecule has 0 saturated carbocycles. The van der Waals surface area contributed by atoms with Crippen molar-refractivity contribution in [1.29, 1.82) is 0 Å². The average molecular weight is 264 g/mol. The second-order valence-electron chi connectivity index (χ2n) is 5.61. The van der Waals surface area contributed by atoms with Crippen molar-refractivity contribution in [3.8, 4) is 0 Å². The number of halogens is 1. The summed E-state index contributed by atoms with van der Waals surface area (Å²) in [4.78, 5) is 13.9. The Morgan fingerprint density at radius 2 is 2.11 bits per heavy atom. The summed E-state index contributed by atoms with van der Waals surface area (Å²) < 4.78 is 14.0. The van der Waals surface area contributed by atoms with Crippen LogP contribution in [0.25, 0.3) is 0 Å². The van der Waals surface area contributed by atoms with Gasteiger partial charge in [0.25, 0.3) is 0 Å². The number of piperidine rings is 1. The van der Waals surface area contributed by atoms with Crippen molar-refractivity contribution in [3.05, 3.63) is 35.6 Å². The van der Waals surface area contributed by atoms with Gasteiger partial charge in [-0.1, -0.05) is 32.0 Å². The van der Waals surface area contributed by atoms with E-state index in [9.17, 15) is 9.18 Å². The molecule has 0 aromatic heterocycles. The maximum Gasteiger partial charge on any atom is 0.223 e. The molecule has 0 aliphatic carbocycles. The molecular weight excluding hydrogens is 243 g/mol. The van der Waals surface area contributed by atoms with Crippen molar-refractivity contribution < 1.29 is 9.18 Å². The average Bonchev–Trinajstić information content (AvgIpc) is 2.35. The first kappa shape index (κ1) is 14.0. The SMILES string of the molecule is CC(C)CN1C(=O)CCC(N)C1c1ccccc1F. The molecule has 1 saturated heterocycles. The van der Waals surface area contributed by atoms with E-state index in [4.69, 9.17) is 5.73 Å². The van der Waals surface area contributed by atoms with Crippen LogP contribution in [0.2, 0.25) is 0 Å². The van der Waals surface area contributed by atoms with E-state index >= 15 is 0 Å². The third-order valence-corrected chi connectivity index (χ3v) is 3.54. The number of nitrogens with zero attached hydrogens (tertiary/aromatic N) is 1. The molecule has 1 aromatic rings. The largest absolute Gasteiger partial charge is 0.334 e. The fourth-order valence-electron chi connectivity index (χ4n) is 2.70. The highest BCUT2D eigenvalue weighted by Gasteiger charge is 2.36. The highest BCUT2D eigenvalue weighted by molar-refractivity contribution is 5.78. The lowest BCUT2D eigenvalue weighted by Gasteiger charge is -2.41. The zero-order chi connectivity index (χ0) is 14.0. The van der Waals surface area contributed by atoms with Gasteiger partial charge >= 0.3 is 0 Å². The number of carbonyl (C=O) groups excluding carboxylic acids is 1. The molecule has 1 aliphatic heterocycles. The standard InChI is InChI=1S/C15H21FN2O/c1-10(2)9-18-14(19)8-7-13(17)15(18)11-5-3-4-6-12(11)16/h3-6,10,13,15H,7-9,17H2,1-2H3. The first-order chi connectivity index (χ1) is 9.00. The number of hydrogen-bond acceptors (Lipinski definition) is 2. The van der Waals surface area contributed by atoms with Crippen LogP contribution >= 0.6 is 0 Å². The van der Waals surface area contributed by atoms with Crippen LogP contribution in [0.3, 0.4) is 0 Å². The van der Waals surface area contributed by atoms with Gasteiger partial charge in [-0.2, -0.15) is 0 Å². The molecular formula is C15H21FN2O. The molecule has 19 heavy (non-hydrogen) atoms. The topological polar surface area (TPSA) is 46.3 Å². The highest BCUT2D eigenvalue weighted by atomic mass is 19.1. The Labute approximate surface area is 113 Å². The minimum absolute atomic E-state index is 0.0728. The molecule has 0 bridgehead atoms. The van der Waals surface area contributed by atoms with Crippen molar-refractivity contribution >= 4 is 5.91 Å². The predicted octanol–water partition coefficient (Wildman–Crippen LogP) is 2.47. The summed E-state index contributed by atoms with van der Waals surface area (Å²) in [6, 6.07) is 6.05. The molecule has 0 spiro atoms. The van der Waals surface area contributed by atoms with E-state index in [0.717, 1.165) is 0 Å². The van der Waals surface area contributed by atoms with E-state index in [0.29, 0.717) is 30.9 Å². The van der Waals surface area contributed by atoms with Crippen molar-refractivity contribution in [2.75, 3.05) is 6.54 Å². The second-order valence-corrected chi connectivity index (χ2v) is 5.61. The zero-order valence-corrected chi connectivity index (χ0v) is 11.5. The molecule has 0 radical (unpaired) electrons. The van der Waals surface area contributed by atoms with Crippen LogP contribution in [0, 0.1) is 11.7 Å². The Morgan fingerprint density at radius 3 is 2.74 bits per heavy atom. The number of hydrogen-bond donors (Lipinski definition) is 1. The summed E-state index contributed by atoms with van der Waals surface area (Å²) >= 11 is 0. The monoisotopic (exact) mass is 264 g/mol. The Morgan fingerprint density at radius 1 is 1.42 bits per heavy atom. The van der Waals surface area contributed by atoms with E-state index in [2.05, 4.69) is 0 Å². The van der Waals surface area contributed by atoms with Crippen LogP contribution < -0.4 is 5.73 Å². The molecule has 1 aromatic carbocycles. The molecule has 4 heteroatoms. The van der Waals surface area contributed by atoms with Gasteiger partial charge in [0.1, 0.15) is 5.82 Å². The molecule has 2 rings (SSSR count). The quantitative estimate of drug-likeness (QED) is 0.911. The van der Waals surface area contributed by atoms with Gasteiger partial charge in [0.05, 0.1) is 6.04 Å². The van der Waals surface area contributed by atoms with Gasteiger partial charge in [-0.15, -0.1) is 0 Å². The van der Waals surface area contributed by atoms with E-state index in [1.807, 2.05) is 13.8 Å². The molecule has 2 unspecified atom stereocenters. The zero-order valence-electron chi connectivity index (χ0n) is 11.5. The fourth-order valence-corrected chi connectivity index (χ4v) is 2.70. The third-order valence-electron chi connectivity index (χ3n) is 3.54. The fraction of sp³-hybridized carbons (Fsp3) is 0.533. The summed E-state index contributed by atoms with van der Waals surface area (Å²) in [6.45, 7) is 4.71. The van der Waals surface area contributed by atoms with Crippen molar-refractivity contribution in [3.63, 3.8) is 0 Å². The molecule has 3 nitrogen and oxygen atoms in total. The minimum atomic E-state index is -0.343. The Hall–Kier alpha value is -1.42. The molecule has 1 fully saturated rings. The number of likely N-dealkylation sites (tertiary alicyclic amines) is 1. The highest BCUT2D eigenvalue weighted by Crippen LogP contribution is 2.32. The summed E-state index contributed by atoms with van der Waals surface area (Å²) in [5.41, 5.74) is 6.68. The third kappa shape index (κ3) is 2.95. The van der Waals surface area contributed by atoms with E-state index in [1.165, 1.54) is 6.07 Å². The lowest BCUT2D eigenvalue weighted by Crippen LogP contribution is -2.50. The van der Waals surface area contributed by atoms with Gasteiger partial charge < -0.3 is 10.6 Å². The summed E-state index contributed by atoms with van der Waals surface area (Å²) in [7, 11) is 0. The molecule has 104 valence electrons. The number of carbonyl (C=O) groups is 1. The Balaban J connectivity index is 2.36. The lowest BCUT2D eigenvalue weighted by atomic mass is 9.89. The Kier molecular flexibility index (Phi) is 4.20.